The van der Waals surface area contributed by atoms with Gasteiger partial charge in [-0.05, 0) is 32.4 Å². The quantitative estimate of drug-likeness (QED) is 0.678. The van der Waals surface area contributed by atoms with Crippen LogP contribution in [-0.4, -0.2) is 27.4 Å². The number of nitrogens with zero attached hydrogens (tertiary/aromatic N) is 1. The van der Waals surface area contributed by atoms with Gasteiger partial charge in [-0.2, -0.15) is 18.6 Å². The number of rotatable bonds is 3. The fraction of sp³-hybridized carbons (Fsp3) is 0.333. The molecular formula is C15H20IrNO2S-. The minimum absolute atomic E-state index is 0. The van der Waals surface area contributed by atoms with Gasteiger partial charge in [0.25, 0.3) is 0 Å². The first kappa shape index (κ1) is 19.3. The number of thiophene rings is 1. The number of hydrogen-bond donors (Lipinski definition) is 2. The van der Waals surface area contributed by atoms with Gasteiger partial charge in [0.2, 0.25) is 0 Å². The van der Waals surface area contributed by atoms with E-state index in [1.165, 1.54) is 0 Å². The Morgan fingerprint density at radius 1 is 1.20 bits per heavy atom. The third-order valence-electron chi connectivity index (χ3n) is 2.33. The standard InChI is InChI=1S/C10H8NS.C5H12O2.Ir/c1-8-5-7-12-10(8)9-4-2-3-6-11-9;1-4(6)3-5(2)7;/h2-7H,1H2;4-7H,3H2,1-2H3;/q-1;;. The first-order valence-corrected chi connectivity index (χ1v) is 7.05. The Hall–Kier alpha value is -0.711. The maximum atomic E-state index is 8.56. The zero-order valence-corrected chi connectivity index (χ0v) is 14.8. The molecular weight excluding hydrogens is 450 g/mol. The summed E-state index contributed by atoms with van der Waals surface area (Å²) in [6.07, 6.45) is 1.52. The molecule has 0 amide bonds. The molecule has 3 nitrogen and oxygen atoms in total. The van der Waals surface area contributed by atoms with Crippen molar-refractivity contribution in [2.75, 3.05) is 0 Å². The first-order chi connectivity index (χ1) is 9.00. The van der Waals surface area contributed by atoms with Crippen LogP contribution in [0.1, 0.15) is 25.8 Å². The Kier molecular flexibility index (Phi) is 9.72. The summed E-state index contributed by atoms with van der Waals surface area (Å²) < 4.78 is 0. The average Bonchev–Trinajstić information content (AvgIpc) is 2.75. The van der Waals surface area contributed by atoms with E-state index in [4.69, 9.17) is 10.2 Å². The molecule has 2 heterocycles. The van der Waals surface area contributed by atoms with Gasteiger partial charge in [-0.25, -0.2) is 11.3 Å². The molecule has 2 aromatic heterocycles. The maximum absolute atomic E-state index is 8.56. The third-order valence-corrected chi connectivity index (χ3v) is 3.31. The van der Waals surface area contributed by atoms with Crippen LogP contribution in [0.3, 0.4) is 0 Å². The first-order valence-electron chi connectivity index (χ1n) is 6.17. The molecule has 0 saturated heterocycles. The van der Waals surface area contributed by atoms with E-state index in [9.17, 15) is 0 Å². The van der Waals surface area contributed by atoms with Crippen LogP contribution in [0.25, 0.3) is 10.6 Å². The second-order valence-electron chi connectivity index (χ2n) is 4.42. The Labute approximate surface area is 138 Å². The van der Waals surface area contributed by atoms with Crippen molar-refractivity contribution in [3.8, 4) is 10.6 Å². The smallest absolute Gasteiger partial charge is 0.0536 e. The second-order valence-corrected chi connectivity index (χ2v) is 5.34. The molecule has 5 heteroatoms. The zero-order valence-electron chi connectivity index (χ0n) is 11.6. The average molecular weight is 471 g/mol. The summed E-state index contributed by atoms with van der Waals surface area (Å²) in [5.74, 6) is 0. The minimum atomic E-state index is -0.375. The van der Waals surface area contributed by atoms with Crippen LogP contribution in [0.4, 0.5) is 0 Å². The number of hydrogen-bond acceptors (Lipinski definition) is 4. The predicted octanol–water partition coefficient (Wildman–Crippen LogP) is 3.13. The molecule has 1 radical (unpaired) electrons. The van der Waals surface area contributed by atoms with Crippen LogP contribution in [0.2, 0.25) is 0 Å². The largest absolute Gasteiger partial charge is 0.393 e. The van der Waals surface area contributed by atoms with E-state index in [0.717, 1.165) is 16.1 Å². The van der Waals surface area contributed by atoms with Crippen LogP contribution in [0.5, 0.6) is 0 Å². The van der Waals surface area contributed by atoms with Crippen molar-refractivity contribution in [3.05, 3.63) is 48.3 Å². The van der Waals surface area contributed by atoms with Crippen molar-refractivity contribution in [2.45, 2.75) is 32.5 Å². The maximum Gasteiger partial charge on any atom is 0.0536 e. The molecule has 0 bridgehead atoms. The molecule has 2 N–H and O–H groups in total. The fourth-order valence-corrected chi connectivity index (χ4v) is 2.38. The summed E-state index contributed by atoms with van der Waals surface area (Å²) in [6.45, 7) is 7.25. The minimum Gasteiger partial charge on any atom is -0.393 e. The predicted molar refractivity (Wildman–Crippen MR) is 80.0 cm³/mol. The van der Waals surface area contributed by atoms with Crippen LogP contribution in [0, 0.1) is 6.92 Å². The van der Waals surface area contributed by atoms with Crippen LogP contribution in [0.15, 0.2) is 35.8 Å². The van der Waals surface area contributed by atoms with Crippen molar-refractivity contribution < 1.29 is 30.3 Å². The van der Waals surface area contributed by atoms with Gasteiger partial charge in [0.1, 0.15) is 0 Å². The van der Waals surface area contributed by atoms with E-state index in [-0.39, 0.29) is 32.3 Å². The van der Waals surface area contributed by atoms with Crippen molar-refractivity contribution >= 4 is 11.3 Å². The Bertz CT molecular complexity index is 466. The molecule has 0 aromatic carbocycles. The molecule has 20 heavy (non-hydrogen) atoms. The van der Waals surface area contributed by atoms with Gasteiger partial charge < -0.3 is 10.2 Å². The Morgan fingerprint density at radius 2 is 1.85 bits per heavy atom. The molecule has 0 fully saturated rings. The van der Waals surface area contributed by atoms with Crippen molar-refractivity contribution in [1.29, 1.82) is 0 Å². The molecule has 0 saturated carbocycles. The van der Waals surface area contributed by atoms with Gasteiger partial charge in [-0.15, -0.1) is 0 Å². The summed E-state index contributed by atoms with van der Waals surface area (Å²) in [6, 6.07) is 7.91. The molecule has 2 unspecified atom stereocenters. The van der Waals surface area contributed by atoms with Gasteiger partial charge in [0.05, 0.1) is 12.2 Å². The molecule has 2 atom stereocenters. The summed E-state index contributed by atoms with van der Waals surface area (Å²) in [5.41, 5.74) is 2.07. The van der Waals surface area contributed by atoms with Gasteiger partial charge in [-0.3, -0.25) is 4.98 Å². The third kappa shape index (κ3) is 7.17. The number of aliphatic hydroxyl groups excluding tert-OH is 2. The van der Waals surface area contributed by atoms with E-state index >= 15 is 0 Å². The Balaban J connectivity index is 0.000000396. The molecule has 113 valence electrons. The van der Waals surface area contributed by atoms with Crippen molar-refractivity contribution in [2.24, 2.45) is 0 Å². The van der Waals surface area contributed by atoms with E-state index in [1.807, 2.05) is 29.6 Å². The molecule has 0 aliphatic heterocycles. The molecule has 2 rings (SSSR count). The van der Waals surface area contributed by atoms with Gasteiger partial charge in [-0.1, -0.05) is 16.3 Å². The Morgan fingerprint density at radius 3 is 2.20 bits per heavy atom. The van der Waals surface area contributed by atoms with Gasteiger partial charge in [0, 0.05) is 32.0 Å². The van der Waals surface area contributed by atoms with Crippen LogP contribution < -0.4 is 0 Å². The van der Waals surface area contributed by atoms with Crippen LogP contribution in [-0.2, 0) is 20.1 Å². The fourth-order valence-electron chi connectivity index (χ4n) is 1.55. The molecule has 2 aromatic rings. The van der Waals surface area contributed by atoms with E-state index < -0.39 is 0 Å². The second kappa shape index (κ2) is 10.1. The van der Waals surface area contributed by atoms with Crippen LogP contribution >= 0.6 is 11.3 Å². The summed E-state index contributed by atoms with van der Waals surface area (Å²) >= 11 is 1.68. The monoisotopic (exact) mass is 471 g/mol. The zero-order chi connectivity index (χ0) is 14.3. The summed E-state index contributed by atoms with van der Waals surface area (Å²) in [4.78, 5) is 5.42. The van der Waals surface area contributed by atoms with E-state index in [1.54, 1.807) is 31.4 Å². The van der Waals surface area contributed by atoms with Gasteiger partial charge in [0.15, 0.2) is 0 Å². The number of pyridine rings is 1. The van der Waals surface area contributed by atoms with E-state index in [2.05, 4.69) is 11.9 Å². The molecule has 0 aliphatic rings. The van der Waals surface area contributed by atoms with Gasteiger partial charge >= 0.3 is 0 Å². The topological polar surface area (TPSA) is 53.4 Å². The molecule has 0 aliphatic carbocycles. The summed E-state index contributed by atoms with van der Waals surface area (Å²) in [5, 5.41) is 19.2. The SMILES string of the molecule is CC(O)CC(C)O.[CH2-]c1ccsc1-c1ccccn1.[Ir]. The van der Waals surface area contributed by atoms with Crippen molar-refractivity contribution in [1.82, 2.24) is 4.98 Å². The number of aliphatic hydroxyl groups is 2. The normalized spacial score (nSPS) is 12.6. The van der Waals surface area contributed by atoms with Crippen molar-refractivity contribution in [3.63, 3.8) is 0 Å². The molecule has 0 spiro atoms. The summed E-state index contributed by atoms with van der Waals surface area (Å²) in [7, 11) is 0. The number of aromatic nitrogens is 1. The van der Waals surface area contributed by atoms with E-state index in [0.29, 0.717) is 6.42 Å².